The molecule has 0 bridgehead atoms. The fraction of sp³-hybridized carbons (Fsp3) is 0.250. The maximum Gasteiger partial charge on any atom is 0.142 e. The van der Waals surface area contributed by atoms with Gasteiger partial charge in [-0.05, 0) is 42.3 Å². The number of rotatable bonds is 5. The molecule has 0 saturated carbocycles. The minimum Gasteiger partial charge on any atom is -0.310 e. The van der Waals surface area contributed by atoms with Gasteiger partial charge < -0.3 is 5.32 Å². The summed E-state index contributed by atoms with van der Waals surface area (Å²) < 4.78 is 14.7. The molecule has 0 heterocycles. The van der Waals surface area contributed by atoms with Crippen molar-refractivity contribution in [2.24, 2.45) is 0 Å². The summed E-state index contributed by atoms with van der Waals surface area (Å²) in [6.45, 7) is 2.83. The van der Waals surface area contributed by atoms with Crippen LogP contribution in [-0.4, -0.2) is 6.54 Å². The number of halogens is 3. The number of likely N-dealkylation sites (N-methyl/N-ethyl adjacent to an activating group) is 1. The second-order valence-corrected chi connectivity index (χ2v) is 5.88. The summed E-state index contributed by atoms with van der Waals surface area (Å²) in [4.78, 5) is 0. The highest BCUT2D eigenvalue weighted by Crippen LogP contribution is 2.28. The molecule has 2 aromatic carbocycles. The van der Waals surface area contributed by atoms with E-state index in [1.54, 1.807) is 6.07 Å². The van der Waals surface area contributed by atoms with E-state index in [-0.39, 0.29) is 16.9 Å². The van der Waals surface area contributed by atoms with Crippen LogP contribution >= 0.6 is 27.5 Å². The molecule has 20 heavy (non-hydrogen) atoms. The summed E-state index contributed by atoms with van der Waals surface area (Å²) in [5.41, 5.74) is 1.97. The topological polar surface area (TPSA) is 12.0 Å². The van der Waals surface area contributed by atoms with Crippen LogP contribution in [0.2, 0.25) is 5.02 Å². The van der Waals surface area contributed by atoms with Crippen molar-refractivity contribution in [1.82, 2.24) is 5.32 Å². The number of benzene rings is 2. The maximum absolute atomic E-state index is 13.6. The predicted octanol–water partition coefficient (Wildman–Crippen LogP) is 5.13. The molecule has 1 nitrogen and oxygen atoms in total. The standard InChI is InChI=1S/C16H16BrClFN/c1-2-20-15(10-11-5-3-6-12(17)9-11)13-7-4-8-14(19)16(13)18/h3-9,15,20H,2,10H2,1H3. The summed E-state index contributed by atoms with van der Waals surface area (Å²) in [7, 11) is 0. The van der Waals surface area contributed by atoms with Gasteiger partial charge in [-0.15, -0.1) is 0 Å². The lowest BCUT2D eigenvalue weighted by atomic mass is 9.98. The Morgan fingerprint density at radius 3 is 2.70 bits per heavy atom. The molecule has 2 rings (SSSR count). The molecule has 0 aliphatic heterocycles. The molecular weight excluding hydrogens is 341 g/mol. The van der Waals surface area contributed by atoms with E-state index in [1.807, 2.05) is 25.1 Å². The summed E-state index contributed by atoms with van der Waals surface area (Å²) in [5, 5.41) is 3.57. The van der Waals surface area contributed by atoms with Gasteiger partial charge in [0.15, 0.2) is 0 Å². The third-order valence-electron chi connectivity index (χ3n) is 3.14. The largest absolute Gasteiger partial charge is 0.310 e. The van der Waals surface area contributed by atoms with Gasteiger partial charge in [-0.2, -0.15) is 0 Å². The molecule has 0 aliphatic rings. The van der Waals surface area contributed by atoms with Crippen LogP contribution in [0.4, 0.5) is 4.39 Å². The van der Waals surface area contributed by atoms with E-state index in [0.29, 0.717) is 0 Å². The SMILES string of the molecule is CCNC(Cc1cccc(Br)c1)c1cccc(F)c1Cl. The lowest BCUT2D eigenvalue weighted by Gasteiger charge is -2.20. The molecule has 0 aliphatic carbocycles. The average Bonchev–Trinajstić information content (AvgIpc) is 2.42. The predicted molar refractivity (Wildman–Crippen MR) is 85.7 cm³/mol. The third kappa shape index (κ3) is 3.81. The van der Waals surface area contributed by atoms with E-state index in [4.69, 9.17) is 11.6 Å². The molecule has 0 aromatic heterocycles. The van der Waals surface area contributed by atoms with E-state index in [2.05, 4.69) is 33.4 Å². The van der Waals surface area contributed by atoms with Crippen LogP contribution < -0.4 is 5.32 Å². The molecule has 0 radical (unpaired) electrons. The van der Waals surface area contributed by atoms with Crippen molar-refractivity contribution in [2.75, 3.05) is 6.54 Å². The van der Waals surface area contributed by atoms with Crippen LogP contribution in [0.1, 0.15) is 24.1 Å². The average molecular weight is 357 g/mol. The normalized spacial score (nSPS) is 12.4. The van der Waals surface area contributed by atoms with Crippen molar-refractivity contribution in [2.45, 2.75) is 19.4 Å². The Labute approximate surface area is 132 Å². The number of hydrogen-bond acceptors (Lipinski definition) is 1. The van der Waals surface area contributed by atoms with Crippen LogP contribution in [0, 0.1) is 5.82 Å². The first kappa shape index (κ1) is 15.5. The van der Waals surface area contributed by atoms with E-state index in [9.17, 15) is 4.39 Å². The van der Waals surface area contributed by atoms with Crippen molar-refractivity contribution in [3.63, 3.8) is 0 Å². The molecule has 1 atom stereocenters. The molecule has 106 valence electrons. The third-order valence-corrected chi connectivity index (χ3v) is 4.03. The minimum atomic E-state index is -0.374. The smallest absolute Gasteiger partial charge is 0.142 e. The zero-order valence-corrected chi connectivity index (χ0v) is 13.5. The minimum absolute atomic E-state index is 0.00231. The van der Waals surface area contributed by atoms with Gasteiger partial charge in [0.1, 0.15) is 5.82 Å². The lowest BCUT2D eigenvalue weighted by molar-refractivity contribution is 0.543. The molecule has 4 heteroatoms. The molecule has 1 N–H and O–H groups in total. The summed E-state index contributed by atoms with van der Waals surface area (Å²) >= 11 is 9.56. The van der Waals surface area contributed by atoms with Gasteiger partial charge in [0.05, 0.1) is 5.02 Å². The zero-order valence-electron chi connectivity index (χ0n) is 11.2. The first-order valence-corrected chi connectivity index (χ1v) is 7.70. The van der Waals surface area contributed by atoms with Gasteiger partial charge in [-0.25, -0.2) is 4.39 Å². The number of hydrogen-bond donors (Lipinski definition) is 1. The molecular formula is C16H16BrClFN. The van der Waals surface area contributed by atoms with Gasteiger partial charge in [0.25, 0.3) is 0 Å². The quantitative estimate of drug-likeness (QED) is 0.782. The molecule has 0 spiro atoms. The van der Waals surface area contributed by atoms with Gasteiger partial charge in [0.2, 0.25) is 0 Å². The Hall–Kier alpha value is -0.900. The van der Waals surface area contributed by atoms with E-state index in [0.717, 1.165) is 23.0 Å². The maximum atomic E-state index is 13.6. The van der Waals surface area contributed by atoms with Crippen LogP contribution in [0.25, 0.3) is 0 Å². The van der Waals surface area contributed by atoms with Crippen molar-refractivity contribution in [3.05, 3.63) is 68.9 Å². The molecule has 0 saturated heterocycles. The Balaban J connectivity index is 2.29. The highest BCUT2D eigenvalue weighted by atomic mass is 79.9. The fourth-order valence-corrected chi connectivity index (χ4v) is 2.93. The van der Waals surface area contributed by atoms with Crippen molar-refractivity contribution in [3.8, 4) is 0 Å². The summed E-state index contributed by atoms with van der Waals surface area (Å²) in [5.74, 6) is -0.374. The van der Waals surface area contributed by atoms with Gasteiger partial charge in [-0.3, -0.25) is 0 Å². The fourth-order valence-electron chi connectivity index (χ4n) is 2.23. The van der Waals surface area contributed by atoms with Crippen LogP contribution in [0.15, 0.2) is 46.9 Å². The van der Waals surface area contributed by atoms with Gasteiger partial charge in [0, 0.05) is 10.5 Å². The molecule has 0 amide bonds. The van der Waals surface area contributed by atoms with Crippen LogP contribution in [-0.2, 0) is 6.42 Å². The highest BCUT2D eigenvalue weighted by molar-refractivity contribution is 9.10. The van der Waals surface area contributed by atoms with Gasteiger partial charge >= 0.3 is 0 Å². The lowest BCUT2D eigenvalue weighted by Crippen LogP contribution is -2.23. The van der Waals surface area contributed by atoms with E-state index in [1.165, 1.54) is 11.6 Å². The summed E-state index contributed by atoms with van der Waals surface area (Å²) in [6, 6.07) is 13.1. The van der Waals surface area contributed by atoms with Gasteiger partial charge in [-0.1, -0.05) is 58.7 Å². The summed E-state index contributed by atoms with van der Waals surface area (Å²) in [6.07, 6.45) is 0.760. The zero-order chi connectivity index (χ0) is 14.5. The number of nitrogens with one attached hydrogen (secondary N) is 1. The molecule has 2 aromatic rings. The Kier molecular flexibility index (Phi) is 5.58. The molecule has 1 unspecified atom stereocenters. The van der Waals surface area contributed by atoms with Crippen LogP contribution in [0.5, 0.6) is 0 Å². The Bertz CT molecular complexity index is 588. The van der Waals surface area contributed by atoms with Crippen molar-refractivity contribution in [1.29, 1.82) is 0 Å². The van der Waals surface area contributed by atoms with E-state index < -0.39 is 0 Å². The Morgan fingerprint density at radius 2 is 2.00 bits per heavy atom. The highest BCUT2D eigenvalue weighted by Gasteiger charge is 2.16. The first-order chi connectivity index (χ1) is 9.61. The van der Waals surface area contributed by atoms with E-state index >= 15 is 0 Å². The van der Waals surface area contributed by atoms with Crippen molar-refractivity contribution < 1.29 is 4.39 Å². The second kappa shape index (κ2) is 7.21. The first-order valence-electron chi connectivity index (χ1n) is 6.53. The monoisotopic (exact) mass is 355 g/mol. The molecule has 0 fully saturated rings. The van der Waals surface area contributed by atoms with Crippen LogP contribution in [0.3, 0.4) is 0 Å². The van der Waals surface area contributed by atoms with Crippen molar-refractivity contribution >= 4 is 27.5 Å². The Morgan fingerprint density at radius 1 is 1.25 bits per heavy atom. The second-order valence-electron chi connectivity index (χ2n) is 4.59.